The fourth-order valence-electron chi connectivity index (χ4n) is 1.02. The minimum Gasteiger partial charge on any atom is -0.452 e. The standard InChI is InChI=1S/C6H10N2O5S/c1-13-6(10)7-14(11,12)8-3-2-5(9)4-8/h2-4H2,1H3,(H,7,10). The van der Waals surface area contributed by atoms with E-state index in [1.165, 1.54) is 0 Å². The first kappa shape index (κ1) is 10.9. The van der Waals surface area contributed by atoms with Crippen molar-refractivity contribution in [3.05, 3.63) is 0 Å². The number of rotatable bonds is 2. The van der Waals surface area contributed by atoms with Crippen molar-refractivity contribution in [1.29, 1.82) is 0 Å². The summed E-state index contributed by atoms with van der Waals surface area (Å²) >= 11 is 0. The fourth-order valence-corrected chi connectivity index (χ4v) is 2.09. The van der Waals surface area contributed by atoms with Crippen molar-refractivity contribution in [2.24, 2.45) is 0 Å². The van der Waals surface area contributed by atoms with E-state index in [-0.39, 0.29) is 25.3 Å². The molecule has 1 heterocycles. The number of amides is 1. The van der Waals surface area contributed by atoms with Gasteiger partial charge in [-0.25, -0.2) is 9.52 Å². The van der Waals surface area contributed by atoms with Gasteiger partial charge in [-0.3, -0.25) is 4.79 Å². The molecule has 0 atom stereocenters. The highest BCUT2D eigenvalue weighted by Crippen LogP contribution is 2.08. The van der Waals surface area contributed by atoms with Gasteiger partial charge in [0.15, 0.2) is 0 Å². The lowest BCUT2D eigenvalue weighted by atomic mass is 10.4. The van der Waals surface area contributed by atoms with Gasteiger partial charge in [0.2, 0.25) is 0 Å². The summed E-state index contributed by atoms with van der Waals surface area (Å²) in [6.45, 7) is -0.0858. The molecule has 1 fully saturated rings. The molecular formula is C6H10N2O5S. The van der Waals surface area contributed by atoms with Gasteiger partial charge in [-0.05, 0) is 0 Å². The zero-order valence-electron chi connectivity index (χ0n) is 7.52. The van der Waals surface area contributed by atoms with Crippen LogP contribution in [0.3, 0.4) is 0 Å². The SMILES string of the molecule is COC(=O)NS(=O)(=O)N1CCC(=O)C1. The van der Waals surface area contributed by atoms with Crippen LogP contribution in [0, 0.1) is 0 Å². The fraction of sp³-hybridized carbons (Fsp3) is 0.667. The van der Waals surface area contributed by atoms with Crippen LogP contribution in [-0.2, 0) is 19.7 Å². The molecule has 7 nitrogen and oxygen atoms in total. The molecule has 0 aromatic carbocycles. The van der Waals surface area contributed by atoms with Crippen molar-refractivity contribution in [2.45, 2.75) is 6.42 Å². The molecule has 0 aromatic rings. The summed E-state index contributed by atoms with van der Waals surface area (Å²) in [5.41, 5.74) is 0. The Hall–Kier alpha value is -1.15. The predicted octanol–water partition coefficient (Wildman–Crippen LogP) is -1.14. The minimum atomic E-state index is -3.92. The third kappa shape index (κ3) is 2.42. The molecule has 0 aliphatic carbocycles. The van der Waals surface area contributed by atoms with Gasteiger partial charge >= 0.3 is 16.3 Å². The number of nitrogens with zero attached hydrogens (tertiary/aromatic N) is 1. The zero-order valence-corrected chi connectivity index (χ0v) is 8.33. The van der Waals surface area contributed by atoms with Crippen molar-refractivity contribution >= 4 is 22.1 Å². The second-order valence-electron chi connectivity index (χ2n) is 2.72. The number of nitrogens with one attached hydrogen (secondary N) is 1. The average Bonchev–Trinajstić information content (AvgIpc) is 2.51. The van der Waals surface area contributed by atoms with Gasteiger partial charge in [0.1, 0.15) is 5.78 Å². The largest absolute Gasteiger partial charge is 0.452 e. The topological polar surface area (TPSA) is 92.8 Å². The van der Waals surface area contributed by atoms with Gasteiger partial charge in [-0.1, -0.05) is 0 Å². The molecule has 0 spiro atoms. The van der Waals surface area contributed by atoms with E-state index in [0.717, 1.165) is 11.4 Å². The first-order valence-electron chi connectivity index (χ1n) is 3.83. The third-order valence-corrected chi connectivity index (χ3v) is 3.15. The number of Topliss-reactive ketones (excluding diaryl/α,β-unsaturated/α-hetero) is 1. The minimum absolute atomic E-state index is 0.102. The number of hydrogen-bond donors (Lipinski definition) is 1. The summed E-state index contributed by atoms with van der Waals surface area (Å²) in [6.07, 6.45) is -0.883. The predicted molar refractivity (Wildman–Crippen MR) is 45.7 cm³/mol. The summed E-state index contributed by atoms with van der Waals surface area (Å²) in [5.74, 6) is -0.166. The van der Waals surface area contributed by atoms with E-state index < -0.39 is 16.3 Å². The van der Waals surface area contributed by atoms with Crippen LogP contribution in [0.1, 0.15) is 6.42 Å². The molecule has 0 radical (unpaired) electrons. The number of carbonyl (C=O) groups is 2. The molecular weight excluding hydrogens is 212 g/mol. The Morgan fingerprint density at radius 2 is 2.21 bits per heavy atom. The van der Waals surface area contributed by atoms with Crippen molar-refractivity contribution < 1.29 is 22.7 Å². The number of ether oxygens (including phenoxy) is 1. The Labute approximate surface area is 81.2 Å². The normalized spacial score (nSPS) is 18.2. The second-order valence-corrected chi connectivity index (χ2v) is 4.39. The Morgan fingerprint density at radius 3 is 2.64 bits per heavy atom. The highest BCUT2D eigenvalue weighted by molar-refractivity contribution is 7.87. The first-order chi connectivity index (χ1) is 6.45. The number of ketones is 1. The molecule has 0 bridgehead atoms. The number of carbonyl (C=O) groups excluding carboxylic acids is 2. The van der Waals surface area contributed by atoms with Gasteiger partial charge in [0.05, 0.1) is 13.7 Å². The van der Waals surface area contributed by atoms with E-state index >= 15 is 0 Å². The lowest BCUT2D eigenvalue weighted by Gasteiger charge is -2.13. The Kier molecular flexibility index (Phi) is 3.06. The number of hydrogen-bond acceptors (Lipinski definition) is 5. The average molecular weight is 222 g/mol. The van der Waals surface area contributed by atoms with Crippen molar-refractivity contribution in [2.75, 3.05) is 20.2 Å². The molecule has 1 saturated heterocycles. The summed E-state index contributed by atoms with van der Waals surface area (Å²) < 4.78 is 29.3. The molecule has 0 saturated carbocycles. The van der Waals surface area contributed by atoms with Crippen molar-refractivity contribution in [3.8, 4) is 0 Å². The van der Waals surface area contributed by atoms with Crippen LogP contribution in [0.5, 0.6) is 0 Å². The van der Waals surface area contributed by atoms with E-state index in [1.54, 1.807) is 4.72 Å². The second kappa shape index (κ2) is 3.93. The van der Waals surface area contributed by atoms with E-state index in [1.807, 2.05) is 0 Å². The van der Waals surface area contributed by atoms with Gasteiger partial charge in [0.25, 0.3) is 0 Å². The maximum Gasteiger partial charge on any atom is 0.421 e. The molecule has 0 aromatic heterocycles. The Balaban J connectivity index is 2.66. The molecule has 1 amide bonds. The Morgan fingerprint density at radius 1 is 1.57 bits per heavy atom. The number of methoxy groups -OCH3 is 1. The molecule has 14 heavy (non-hydrogen) atoms. The van der Waals surface area contributed by atoms with Crippen molar-refractivity contribution in [1.82, 2.24) is 9.03 Å². The first-order valence-corrected chi connectivity index (χ1v) is 5.27. The Bertz CT molecular complexity index is 349. The lowest BCUT2D eigenvalue weighted by Crippen LogP contribution is -2.42. The van der Waals surface area contributed by atoms with Gasteiger partial charge < -0.3 is 4.74 Å². The summed E-state index contributed by atoms with van der Waals surface area (Å²) in [7, 11) is -2.86. The molecule has 8 heteroatoms. The van der Waals surface area contributed by atoms with Crippen LogP contribution < -0.4 is 4.72 Å². The highest BCUT2D eigenvalue weighted by Gasteiger charge is 2.31. The third-order valence-electron chi connectivity index (χ3n) is 1.73. The smallest absolute Gasteiger partial charge is 0.421 e. The highest BCUT2D eigenvalue weighted by atomic mass is 32.2. The zero-order chi connectivity index (χ0) is 10.8. The molecule has 1 rings (SSSR count). The maximum absolute atomic E-state index is 11.3. The maximum atomic E-state index is 11.3. The molecule has 0 unspecified atom stereocenters. The van der Waals surface area contributed by atoms with Gasteiger partial charge in [-0.2, -0.15) is 12.7 Å². The molecule has 80 valence electrons. The van der Waals surface area contributed by atoms with Gasteiger partial charge in [0, 0.05) is 13.0 Å². The summed E-state index contributed by atoms with van der Waals surface area (Å²) in [6, 6.07) is 0. The van der Waals surface area contributed by atoms with Crippen LogP contribution in [-0.4, -0.2) is 44.8 Å². The van der Waals surface area contributed by atoms with Crippen LogP contribution in [0.25, 0.3) is 0 Å². The van der Waals surface area contributed by atoms with E-state index in [2.05, 4.69) is 4.74 Å². The summed E-state index contributed by atoms with van der Waals surface area (Å²) in [4.78, 5) is 21.4. The molecule has 1 aliphatic heterocycles. The van der Waals surface area contributed by atoms with E-state index in [0.29, 0.717) is 0 Å². The van der Waals surface area contributed by atoms with Crippen LogP contribution in [0.15, 0.2) is 0 Å². The van der Waals surface area contributed by atoms with Crippen LogP contribution >= 0.6 is 0 Å². The van der Waals surface area contributed by atoms with Gasteiger partial charge in [-0.15, -0.1) is 0 Å². The molecule has 1 aliphatic rings. The van der Waals surface area contributed by atoms with Crippen LogP contribution in [0.2, 0.25) is 0 Å². The molecule has 1 N–H and O–H groups in total. The van der Waals surface area contributed by atoms with Crippen molar-refractivity contribution in [3.63, 3.8) is 0 Å². The van der Waals surface area contributed by atoms with Crippen LogP contribution in [0.4, 0.5) is 4.79 Å². The van der Waals surface area contributed by atoms with E-state index in [4.69, 9.17) is 0 Å². The lowest BCUT2D eigenvalue weighted by molar-refractivity contribution is -0.116. The quantitative estimate of drug-likeness (QED) is 0.637. The van der Waals surface area contributed by atoms with E-state index in [9.17, 15) is 18.0 Å². The summed E-state index contributed by atoms with van der Waals surface area (Å²) in [5, 5.41) is 0. The monoisotopic (exact) mass is 222 g/mol.